The highest BCUT2D eigenvalue weighted by molar-refractivity contribution is 9.08. The molecule has 0 saturated carbocycles. The molecule has 5 heteroatoms. The monoisotopic (exact) mass is 327 g/mol. The number of nitrogens with zero attached hydrogens (tertiary/aromatic N) is 1. The van der Waals surface area contributed by atoms with Crippen molar-refractivity contribution in [3.63, 3.8) is 0 Å². The fourth-order valence-electron chi connectivity index (χ4n) is 1.59. The van der Waals surface area contributed by atoms with E-state index >= 15 is 0 Å². The first-order valence-electron chi connectivity index (χ1n) is 5.50. The van der Waals surface area contributed by atoms with Crippen molar-refractivity contribution in [3.05, 3.63) is 39.8 Å². The van der Waals surface area contributed by atoms with Crippen LogP contribution in [0.15, 0.2) is 23.6 Å². The summed E-state index contributed by atoms with van der Waals surface area (Å²) in [6, 6.07) is 5.87. The molecule has 1 aromatic heterocycles. The van der Waals surface area contributed by atoms with Gasteiger partial charge in [-0.25, -0.2) is 4.98 Å². The molecule has 96 valence electrons. The molecule has 0 amide bonds. The molecule has 2 rings (SSSR count). The molecule has 0 saturated heterocycles. The summed E-state index contributed by atoms with van der Waals surface area (Å²) in [5, 5.41) is 3.72. The Bertz CT molecular complexity index is 505. The Morgan fingerprint density at radius 1 is 1.39 bits per heavy atom. The zero-order valence-corrected chi connectivity index (χ0v) is 12.7. The van der Waals surface area contributed by atoms with Gasteiger partial charge in [0.2, 0.25) is 0 Å². The Balaban J connectivity index is 2.17. The smallest absolute Gasteiger partial charge is 0.165 e. The van der Waals surface area contributed by atoms with Gasteiger partial charge in [-0.2, -0.15) is 0 Å². The van der Waals surface area contributed by atoms with Gasteiger partial charge in [0.1, 0.15) is 11.6 Å². The molecule has 0 bridgehead atoms. The van der Waals surface area contributed by atoms with Crippen LogP contribution in [0.5, 0.6) is 11.5 Å². The van der Waals surface area contributed by atoms with Crippen LogP contribution in [0.25, 0.3) is 0 Å². The van der Waals surface area contributed by atoms with Gasteiger partial charge in [0.15, 0.2) is 11.5 Å². The second kappa shape index (κ2) is 6.20. The number of aromatic nitrogens is 1. The highest BCUT2D eigenvalue weighted by atomic mass is 79.9. The number of ether oxygens (including phenoxy) is 2. The minimum absolute atomic E-state index is 0.471. The average molecular weight is 328 g/mol. The maximum atomic E-state index is 5.84. The van der Waals surface area contributed by atoms with Crippen LogP contribution in [0.4, 0.5) is 0 Å². The van der Waals surface area contributed by atoms with Crippen molar-refractivity contribution in [3.8, 4) is 11.5 Å². The molecular weight excluding hydrogens is 314 g/mol. The Morgan fingerprint density at radius 3 is 2.83 bits per heavy atom. The summed E-state index contributed by atoms with van der Waals surface area (Å²) >= 11 is 5.06. The van der Waals surface area contributed by atoms with Gasteiger partial charge in [0, 0.05) is 22.0 Å². The quantitative estimate of drug-likeness (QED) is 0.779. The van der Waals surface area contributed by atoms with Gasteiger partial charge in [-0.1, -0.05) is 28.1 Å². The van der Waals surface area contributed by atoms with Crippen molar-refractivity contribution in [1.29, 1.82) is 0 Å². The summed E-state index contributed by atoms with van der Waals surface area (Å²) in [5.41, 5.74) is 2.10. The van der Waals surface area contributed by atoms with Crippen molar-refractivity contribution >= 4 is 27.3 Å². The molecule has 18 heavy (non-hydrogen) atoms. The van der Waals surface area contributed by atoms with E-state index < -0.39 is 0 Å². The van der Waals surface area contributed by atoms with Crippen molar-refractivity contribution in [2.24, 2.45) is 0 Å². The van der Waals surface area contributed by atoms with Gasteiger partial charge in [-0.05, 0) is 13.0 Å². The zero-order chi connectivity index (χ0) is 13.0. The van der Waals surface area contributed by atoms with E-state index in [2.05, 4.69) is 20.9 Å². The summed E-state index contributed by atoms with van der Waals surface area (Å²) in [5.74, 6) is 1.53. The third-order valence-corrected chi connectivity index (χ3v) is 3.98. The lowest BCUT2D eigenvalue weighted by molar-refractivity contribution is 0.281. The third kappa shape index (κ3) is 3.03. The predicted molar refractivity (Wildman–Crippen MR) is 76.8 cm³/mol. The molecule has 0 spiro atoms. The lowest BCUT2D eigenvalue weighted by atomic mass is 10.2. The Labute approximate surface area is 119 Å². The molecule has 0 radical (unpaired) electrons. The van der Waals surface area contributed by atoms with Crippen LogP contribution < -0.4 is 9.47 Å². The highest BCUT2D eigenvalue weighted by Gasteiger charge is 2.10. The van der Waals surface area contributed by atoms with Crippen molar-refractivity contribution in [1.82, 2.24) is 4.98 Å². The van der Waals surface area contributed by atoms with E-state index in [-0.39, 0.29) is 0 Å². The average Bonchev–Trinajstić information content (AvgIpc) is 2.81. The van der Waals surface area contributed by atoms with Gasteiger partial charge >= 0.3 is 0 Å². The number of rotatable bonds is 5. The van der Waals surface area contributed by atoms with Gasteiger partial charge in [-0.3, -0.25) is 0 Å². The summed E-state index contributed by atoms with van der Waals surface area (Å²) in [6.07, 6.45) is 0. The predicted octanol–water partition coefficient (Wildman–Crippen LogP) is 3.93. The van der Waals surface area contributed by atoms with Crippen LogP contribution in [0, 0.1) is 6.92 Å². The fourth-order valence-corrected chi connectivity index (χ4v) is 2.72. The van der Waals surface area contributed by atoms with E-state index in [0.717, 1.165) is 33.1 Å². The molecule has 3 nitrogen and oxygen atoms in total. The van der Waals surface area contributed by atoms with Crippen LogP contribution >= 0.6 is 27.3 Å². The molecule has 0 aliphatic rings. The number of para-hydroxylation sites is 1. The largest absolute Gasteiger partial charge is 0.493 e. The van der Waals surface area contributed by atoms with Crippen molar-refractivity contribution < 1.29 is 9.47 Å². The molecule has 1 aromatic carbocycles. The molecule has 0 aliphatic carbocycles. The lowest BCUT2D eigenvalue weighted by Gasteiger charge is -2.12. The molecule has 0 unspecified atom stereocenters. The number of methoxy groups -OCH3 is 1. The van der Waals surface area contributed by atoms with Crippen molar-refractivity contribution in [2.45, 2.75) is 18.9 Å². The molecule has 0 aliphatic heterocycles. The first-order valence-corrected chi connectivity index (χ1v) is 7.50. The summed E-state index contributed by atoms with van der Waals surface area (Å²) < 4.78 is 11.2. The molecule has 1 heterocycles. The number of alkyl halides is 1. The van der Waals surface area contributed by atoms with Gasteiger partial charge < -0.3 is 9.47 Å². The number of aryl methyl sites for hydroxylation is 1. The normalized spacial score (nSPS) is 10.4. The van der Waals surface area contributed by atoms with Crippen molar-refractivity contribution in [2.75, 3.05) is 7.11 Å². The number of hydrogen-bond donors (Lipinski definition) is 0. The van der Waals surface area contributed by atoms with Crippen LogP contribution in [0.1, 0.15) is 16.3 Å². The van der Waals surface area contributed by atoms with Crippen LogP contribution in [0.3, 0.4) is 0 Å². The van der Waals surface area contributed by atoms with E-state index in [1.807, 2.05) is 30.5 Å². The van der Waals surface area contributed by atoms with Gasteiger partial charge in [-0.15, -0.1) is 11.3 Å². The summed E-state index contributed by atoms with van der Waals surface area (Å²) in [6.45, 7) is 2.45. The maximum absolute atomic E-state index is 5.84. The first kappa shape index (κ1) is 13.4. The lowest BCUT2D eigenvalue weighted by Crippen LogP contribution is -2.00. The SMILES string of the molecule is COc1cccc(CBr)c1OCc1nc(C)cs1. The number of hydrogen-bond acceptors (Lipinski definition) is 4. The van der Waals surface area contributed by atoms with Crippen LogP contribution in [-0.4, -0.2) is 12.1 Å². The highest BCUT2D eigenvalue weighted by Crippen LogP contribution is 2.33. The molecule has 2 aromatic rings. The maximum Gasteiger partial charge on any atom is 0.165 e. The Morgan fingerprint density at radius 2 is 2.22 bits per heavy atom. The molecule has 0 atom stereocenters. The summed E-state index contributed by atoms with van der Waals surface area (Å²) in [7, 11) is 1.65. The molecule has 0 N–H and O–H groups in total. The topological polar surface area (TPSA) is 31.4 Å². The minimum atomic E-state index is 0.471. The van der Waals surface area contributed by atoms with E-state index in [1.54, 1.807) is 18.4 Å². The number of thiazole rings is 1. The zero-order valence-electron chi connectivity index (χ0n) is 10.3. The van der Waals surface area contributed by atoms with Gasteiger partial charge in [0.25, 0.3) is 0 Å². The van der Waals surface area contributed by atoms with E-state index in [9.17, 15) is 0 Å². The van der Waals surface area contributed by atoms with E-state index in [4.69, 9.17) is 9.47 Å². The summed E-state index contributed by atoms with van der Waals surface area (Å²) in [4.78, 5) is 4.38. The third-order valence-electron chi connectivity index (χ3n) is 2.43. The minimum Gasteiger partial charge on any atom is -0.493 e. The second-order valence-electron chi connectivity index (χ2n) is 3.75. The first-order chi connectivity index (χ1) is 8.74. The second-order valence-corrected chi connectivity index (χ2v) is 5.26. The number of benzene rings is 1. The molecular formula is C13H14BrNO2S. The Kier molecular flexibility index (Phi) is 4.60. The Hall–Kier alpha value is -1.07. The van der Waals surface area contributed by atoms with E-state index in [0.29, 0.717) is 6.61 Å². The molecule has 0 fully saturated rings. The van der Waals surface area contributed by atoms with Crippen LogP contribution in [-0.2, 0) is 11.9 Å². The fraction of sp³-hybridized carbons (Fsp3) is 0.308. The van der Waals surface area contributed by atoms with Gasteiger partial charge in [0.05, 0.1) is 7.11 Å². The standard InChI is InChI=1S/C13H14BrNO2S/c1-9-8-18-12(15-9)7-17-13-10(6-14)4-3-5-11(13)16-2/h3-5,8H,6-7H2,1-2H3. The van der Waals surface area contributed by atoms with E-state index in [1.165, 1.54) is 0 Å². The van der Waals surface area contributed by atoms with Crippen LogP contribution in [0.2, 0.25) is 0 Å². The number of halogens is 1.